The van der Waals surface area contributed by atoms with E-state index in [9.17, 15) is 4.79 Å². The van der Waals surface area contributed by atoms with Crippen LogP contribution in [-0.2, 0) is 0 Å². The average Bonchev–Trinajstić information content (AvgIpc) is 2.27. The molecule has 0 aliphatic heterocycles. The van der Waals surface area contributed by atoms with Crippen LogP contribution in [0.25, 0.3) is 0 Å². The maximum atomic E-state index is 10.5. The number of aromatic carboxylic acids is 1. The molecule has 0 saturated carbocycles. The van der Waals surface area contributed by atoms with E-state index in [1.165, 1.54) is 0 Å². The number of carboxylic acid groups (broad SMARTS) is 1. The van der Waals surface area contributed by atoms with Gasteiger partial charge in [0.25, 0.3) is 0 Å². The van der Waals surface area contributed by atoms with Gasteiger partial charge in [-0.1, -0.05) is 11.6 Å². The molecular formula is C7H5ClN2O2. The van der Waals surface area contributed by atoms with Crippen molar-refractivity contribution in [3.05, 3.63) is 22.0 Å². The number of aromatic nitrogens is 1. The lowest BCUT2D eigenvalue weighted by atomic mass is 10.3. The predicted octanol–water partition coefficient (Wildman–Crippen LogP) is 1.55. The zero-order chi connectivity index (χ0) is 9.30. The number of nitrogens with zero attached hydrogens (tertiary/aromatic N) is 1. The zero-order valence-electron chi connectivity index (χ0n) is 6.18. The van der Waals surface area contributed by atoms with Gasteiger partial charge >= 0.3 is 5.97 Å². The Balaban J connectivity index is 3.39. The second-order valence-electron chi connectivity index (χ2n) is 2.23. The molecule has 0 fully saturated rings. The van der Waals surface area contributed by atoms with Gasteiger partial charge < -0.3 is 10.1 Å². The Morgan fingerprint density at radius 3 is 2.58 bits per heavy atom. The first-order chi connectivity index (χ1) is 5.57. The van der Waals surface area contributed by atoms with Gasteiger partial charge in [0.2, 0.25) is 0 Å². The summed E-state index contributed by atoms with van der Waals surface area (Å²) in [5.41, 5.74) is 0.527. The summed E-state index contributed by atoms with van der Waals surface area (Å²) in [4.78, 5) is 13.0. The molecule has 4 nitrogen and oxygen atoms in total. The summed E-state index contributed by atoms with van der Waals surface area (Å²) < 4.78 is 0. The molecule has 62 valence electrons. The number of nitrogens with one attached hydrogen (secondary N) is 1. The van der Waals surface area contributed by atoms with Crippen LogP contribution in [0.5, 0.6) is 0 Å². The fourth-order valence-corrected chi connectivity index (χ4v) is 1.19. The lowest BCUT2D eigenvalue weighted by Gasteiger charge is -1.86. The smallest absolute Gasteiger partial charge is 0.353 e. The summed E-state index contributed by atoms with van der Waals surface area (Å²) in [7, 11) is 0. The highest BCUT2D eigenvalue weighted by atomic mass is 35.5. The second kappa shape index (κ2) is 2.88. The van der Waals surface area contributed by atoms with Gasteiger partial charge in [-0.3, -0.25) is 0 Å². The summed E-state index contributed by atoms with van der Waals surface area (Å²) in [5.74, 6) is -1.16. The lowest BCUT2D eigenvalue weighted by molar-refractivity contribution is 0.0691. The molecule has 0 spiro atoms. The van der Waals surface area contributed by atoms with Gasteiger partial charge in [0, 0.05) is 5.69 Å². The van der Waals surface area contributed by atoms with Gasteiger partial charge in [-0.05, 0) is 6.92 Å². The quantitative estimate of drug-likeness (QED) is 0.695. The van der Waals surface area contributed by atoms with Crippen molar-refractivity contribution >= 4 is 17.6 Å². The molecule has 0 aliphatic carbocycles. The third-order valence-electron chi connectivity index (χ3n) is 1.45. The Hall–Kier alpha value is -1.47. The molecule has 0 bridgehead atoms. The molecule has 0 saturated heterocycles. The highest BCUT2D eigenvalue weighted by Crippen LogP contribution is 2.23. The third-order valence-corrected chi connectivity index (χ3v) is 1.83. The van der Waals surface area contributed by atoms with Crippen molar-refractivity contribution < 1.29 is 9.90 Å². The number of carboxylic acids is 1. The normalized spacial score (nSPS) is 9.42. The van der Waals surface area contributed by atoms with Gasteiger partial charge in [0.05, 0.1) is 10.6 Å². The number of H-pyrrole nitrogens is 1. The van der Waals surface area contributed by atoms with Crippen molar-refractivity contribution in [3.63, 3.8) is 0 Å². The molecule has 2 N–H and O–H groups in total. The Morgan fingerprint density at radius 1 is 1.75 bits per heavy atom. The maximum Gasteiger partial charge on any atom is 0.353 e. The number of carbonyl (C=O) groups is 1. The highest BCUT2D eigenvalue weighted by Gasteiger charge is 2.17. The number of aromatic amines is 1. The van der Waals surface area contributed by atoms with E-state index in [2.05, 4.69) is 4.98 Å². The van der Waals surface area contributed by atoms with Gasteiger partial charge in [-0.15, -0.1) is 0 Å². The van der Waals surface area contributed by atoms with E-state index in [1.807, 2.05) is 6.07 Å². The summed E-state index contributed by atoms with van der Waals surface area (Å²) in [5, 5.41) is 17.1. The van der Waals surface area contributed by atoms with Gasteiger partial charge in [-0.2, -0.15) is 5.26 Å². The van der Waals surface area contributed by atoms with E-state index >= 15 is 0 Å². The predicted molar refractivity (Wildman–Crippen MR) is 42.2 cm³/mol. The van der Waals surface area contributed by atoms with E-state index in [0.717, 1.165) is 0 Å². The number of rotatable bonds is 1. The fraction of sp³-hybridized carbons (Fsp3) is 0.143. The summed E-state index contributed by atoms with van der Waals surface area (Å²) >= 11 is 5.59. The van der Waals surface area contributed by atoms with E-state index in [-0.39, 0.29) is 16.3 Å². The number of hydrogen-bond acceptors (Lipinski definition) is 2. The van der Waals surface area contributed by atoms with Crippen LogP contribution in [0.3, 0.4) is 0 Å². The number of hydrogen-bond donors (Lipinski definition) is 2. The van der Waals surface area contributed by atoms with Crippen molar-refractivity contribution in [2.45, 2.75) is 6.92 Å². The molecule has 1 rings (SSSR count). The Morgan fingerprint density at radius 2 is 2.33 bits per heavy atom. The molecule has 0 atom stereocenters. The van der Waals surface area contributed by atoms with Crippen LogP contribution in [-0.4, -0.2) is 16.1 Å². The van der Waals surface area contributed by atoms with Crippen LogP contribution < -0.4 is 0 Å². The Bertz CT molecular complexity index is 375. The number of halogens is 1. The summed E-state index contributed by atoms with van der Waals surface area (Å²) in [6.07, 6.45) is 0. The average molecular weight is 185 g/mol. The van der Waals surface area contributed by atoms with Crippen molar-refractivity contribution in [1.82, 2.24) is 4.98 Å². The Kier molecular flexibility index (Phi) is 2.07. The van der Waals surface area contributed by atoms with Crippen LogP contribution in [0.1, 0.15) is 21.7 Å². The van der Waals surface area contributed by atoms with Gasteiger partial charge in [0.1, 0.15) is 11.8 Å². The fourth-order valence-electron chi connectivity index (χ4n) is 0.875. The van der Waals surface area contributed by atoms with Crippen molar-refractivity contribution in [2.24, 2.45) is 0 Å². The molecular weight excluding hydrogens is 180 g/mol. The van der Waals surface area contributed by atoms with Crippen molar-refractivity contribution in [3.8, 4) is 6.07 Å². The highest BCUT2D eigenvalue weighted by molar-refractivity contribution is 6.34. The minimum atomic E-state index is -1.16. The second-order valence-corrected chi connectivity index (χ2v) is 2.61. The van der Waals surface area contributed by atoms with Crippen LogP contribution in [0, 0.1) is 18.3 Å². The molecule has 0 amide bonds. The first kappa shape index (κ1) is 8.62. The molecule has 0 radical (unpaired) electrons. The first-order valence-electron chi connectivity index (χ1n) is 3.09. The molecule has 1 aromatic heterocycles. The SMILES string of the molecule is Cc1[nH]c(C(=O)O)c(Cl)c1C#N. The molecule has 0 aliphatic rings. The van der Waals surface area contributed by atoms with E-state index in [1.54, 1.807) is 6.92 Å². The minimum Gasteiger partial charge on any atom is -0.477 e. The molecule has 0 aromatic carbocycles. The molecule has 1 heterocycles. The Labute approximate surface area is 73.4 Å². The molecule has 12 heavy (non-hydrogen) atoms. The van der Waals surface area contributed by atoms with Crippen LogP contribution in [0.15, 0.2) is 0 Å². The maximum absolute atomic E-state index is 10.5. The number of aryl methyl sites for hydroxylation is 1. The van der Waals surface area contributed by atoms with Crippen LogP contribution in [0.4, 0.5) is 0 Å². The van der Waals surface area contributed by atoms with E-state index in [4.69, 9.17) is 22.0 Å². The van der Waals surface area contributed by atoms with E-state index in [0.29, 0.717) is 5.69 Å². The van der Waals surface area contributed by atoms with Gasteiger partial charge in [0.15, 0.2) is 0 Å². The monoisotopic (exact) mass is 184 g/mol. The third kappa shape index (κ3) is 1.15. The van der Waals surface area contributed by atoms with Crippen molar-refractivity contribution in [2.75, 3.05) is 0 Å². The molecule has 0 unspecified atom stereocenters. The topological polar surface area (TPSA) is 76.9 Å². The standard InChI is InChI=1S/C7H5ClN2O2/c1-3-4(2-9)5(8)6(10-3)7(11)12/h10H,1H3,(H,11,12). The van der Waals surface area contributed by atoms with Crippen LogP contribution >= 0.6 is 11.6 Å². The summed E-state index contributed by atoms with van der Waals surface area (Å²) in [6, 6.07) is 1.81. The first-order valence-corrected chi connectivity index (χ1v) is 3.47. The van der Waals surface area contributed by atoms with Crippen molar-refractivity contribution in [1.29, 1.82) is 5.26 Å². The molecule has 1 aromatic rings. The van der Waals surface area contributed by atoms with E-state index < -0.39 is 5.97 Å². The summed E-state index contributed by atoms with van der Waals surface area (Å²) in [6.45, 7) is 1.59. The molecule has 5 heteroatoms. The van der Waals surface area contributed by atoms with Crippen LogP contribution in [0.2, 0.25) is 5.02 Å². The number of nitriles is 1. The minimum absolute atomic E-state index is 0.0255. The van der Waals surface area contributed by atoms with Gasteiger partial charge in [-0.25, -0.2) is 4.79 Å². The largest absolute Gasteiger partial charge is 0.477 e. The lowest BCUT2D eigenvalue weighted by Crippen LogP contribution is -1.96. The zero-order valence-corrected chi connectivity index (χ0v) is 6.94.